The van der Waals surface area contributed by atoms with Crippen LogP contribution in [0, 0.1) is 0 Å². The van der Waals surface area contributed by atoms with Crippen molar-refractivity contribution in [3.8, 4) is 0 Å². The second-order valence-electron chi connectivity index (χ2n) is 10.6. The predicted octanol–water partition coefficient (Wildman–Crippen LogP) is 8.65. The lowest BCUT2D eigenvalue weighted by Gasteiger charge is -2.35. The number of halogens is 3. The van der Waals surface area contributed by atoms with E-state index in [-0.39, 0.29) is 6.10 Å². The smallest absolute Gasteiger partial charge is 0.434 e. The largest absolute Gasteiger partial charge is 0.510 e. The highest BCUT2D eigenvalue weighted by molar-refractivity contribution is 7.99. The summed E-state index contributed by atoms with van der Waals surface area (Å²) >= 11 is 1.51. The number of piperidine rings is 1. The summed E-state index contributed by atoms with van der Waals surface area (Å²) in [7, 11) is 0. The molecule has 6 nitrogen and oxygen atoms in total. The summed E-state index contributed by atoms with van der Waals surface area (Å²) in [5, 5.41) is 0. The first kappa shape index (κ1) is 31.5. The van der Waals surface area contributed by atoms with E-state index in [1.165, 1.54) is 30.7 Å². The number of benzene rings is 2. The summed E-state index contributed by atoms with van der Waals surface area (Å²) in [6, 6.07) is 11.9. The normalized spacial score (nSPS) is 16.7. The van der Waals surface area contributed by atoms with E-state index < -0.39 is 24.2 Å². The zero-order valence-corrected chi connectivity index (χ0v) is 24.8. The second-order valence-corrected chi connectivity index (χ2v) is 11.7. The van der Waals surface area contributed by atoms with Gasteiger partial charge in [-0.1, -0.05) is 56.5 Å². The van der Waals surface area contributed by atoms with Gasteiger partial charge in [0, 0.05) is 29.4 Å². The number of anilines is 2. The first-order chi connectivity index (χ1) is 19.7. The Balaban J connectivity index is 1.20. The highest BCUT2D eigenvalue weighted by atomic mass is 32.2. The number of fused-ring (bicyclic) bond motifs is 2. The molecule has 0 radical (unpaired) electrons. The molecule has 0 aromatic heterocycles. The van der Waals surface area contributed by atoms with Gasteiger partial charge < -0.3 is 24.0 Å². The van der Waals surface area contributed by atoms with Gasteiger partial charge in [0.25, 0.3) is 0 Å². The standard InChI is InChI=1S/C31H41F3N2O4S/c1-3-4-5-6-9-21-38-30(37)40-23(2)39-25-15-19-35(20-16-25)17-10-18-36-26-11-7-8-12-28(26)41-29-14-13-24(22-27(29)36)31(32,33)34/h7-8,11-14,22-23,25H,3-6,9-10,15-21H2,1-2H3. The molecule has 1 unspecified atom stereocenters. The van der Waals surface area contributed by atoms with Crippen LogP contribution in [0.2, 0.25) is 0 Å². The maximum absolute atomic E-state index is 13.5. The summed E-state index contributed by atoms with van der Waals surface area (Å²) in [5.74, 6) is 0. The molecule has 1 fully saturated rings. The lowest BCUT2D eigenvalue weighted by molar-refractivity contribution is -0.151. The van der Waals surface area contributed by atoms with Crippen LogP contribution in [0.1, 0.15) is 70.8 Å². The van der Waals surface area contributed by atoms with Crippen LogP contribution in [-0.4, -0.2) is 56.2 Å². The third-order valence-electron chi connectivity index (χ3n) is 7.46. The number of hydrogen-bond donors (Lipinski definition) is 0. The molecule has 10 heteroatoms. The number of carbonyl (C=O) groups is 1. The highest BCUT2D eigenvalue weighted by Gasteiger charge is 2.33. The van der Waals surface area contributed by atoms with Crippen molar-refractivity contribution in [2.45, 2.75) is 93.6 Å². The van der Waals surface area contributed by atoms with Gasteiger partial charge in [0.2, 0.25) is 6.29 Å². The molecule has 2 heterocycles. The van der Waals surface area contributed by atoms with Gasteiger partial charge in [-0.05, 0) is 69.5 Å². The number of carbonyl (C=O) groups excluding carboxylic acids is 1. The summed E-state index contributed by atoms with van der Waals surface area (Å²) in [6.45, 7) is 7.39. The van der Waals surface area contributed by atoms with E-state index in [2.05, 4.69) is 11.8 Å². The maximum Gasteiger partial charge on any atom is 0.510 e. The molecule has 0 bridgehead atoms. The van der Waals surface area contributed by atoms with Crippen molar-refractivity contribution in [2.24, 2.45) is 0 Å². The van der Waals surface area contributed by atoms with Crippen LogP contribution in [0.5, 0.6) is 0 Å². The predicted molar refractivity (Wildman–Crippen MR) is 155 cm³/mol. The van der Waals surface area contributed by atoms with Crippen molar-refractivity contribution in [1.82, 2.24) is 4.90 Å². The Labute approximate surface area is 245 Å². The van der Waals surface area contributed by atoms with Crippen molar-refractivity contribution in [3.63, 3.8) is 0 Å². The van der Waals surface area contributed by atoms with Crippen LogP contribution in [0.15, 0.2) is 52.3 Å². The monoisotopic (exact) mass is 594 g/mol. The Hall–Kier alpha value is -2.43. The van der Waals surface area contributed by atoms with Gasteiger partial charge in [0.1, 0.15) is 0 Å². The number of para-hydroxylation sites is 1. The van der Waals surface area contributed by atoms with E-state index in [9.17, 15) is 18.0 Å². The molecule has 2 aliphatic heterocycles. The van der Waals surface area contributed by atoms with Gasteiger partial charge in [0.05, 0.1) is 29.6 Å². The highest BCUT2D eigenvalue weighted by Crippen LogP contribution is 2.49. The fraction of sp³-hybridized carbons (Fsp3) is 0.581. The van der Waals surface area contributed by atoms with Crippen LogP contribution < -0.4 is 4.90 Å². The molecule has 4 rings (SSSR count). The topological polar surface area (TPSA) is 51.2 Å². The van der Waals surface area contributed by atoms with Gasteiger partial charge in [0.15, 0.2) is 0 Å². The molecule has 1 atom stereocenters. The van der Waals surface area contributed by atoms with Gasteiger partial charge >= 0.3 is 12.3 Å². The third kappa shape index (κ3) is 9.28. The molecule has 41 heavy (non-hydrogen) atoms. The zero-order chi connectivity index (χ0) is 29.2. The molecule has 1 saturated heterocycles. The molecule has 0 spiro atoms. The van der Waals surface area contributed by atoms with E-state index in [1.54, 1.807) is 13.0 Å². The SMILES string of the molecule is CCCCCCCOC(=O)OC(C)OC1CCN(CCCN2c3ccccc3Sc3ccc(C(F)(F)F)cc32)CC1. The maximum atomic E-state index is 13.5. The van der Waals surface area contributed by atoms with Crippen LogP contribution in [0.25, 0.3) is 0 Å². The number of ether oxygens (including phenoxy) is 3. The molecule has 0 aliphatic carbocycles. The summed E-state index contributed by atoms with van der Waals surface area (Å²) in [4.78, 5) is 18.2. The number of hydrogen-bond acceptors (Lipinski definition) is 7. The zero-order valence-electron chi connectivity index (χ0n) is 24.0. The Bertz CT molecular complexity index is 1120. The van der Waals surface area contributed by atoms with Crippen molar-refractivity contribution in [3.05, 3.63) is 48.0 Å². The summed E-state index contributed by atoms with van der Waals surface area (Å²) in [5.41, 5.74) is 0.928. The first-order valence-electron chi connectivity index (χ1n) is 14.7. The minimum Gasteiger partial charge on any atom is -0.434 e. The average molecular weight is 595 g/mol. The van der Waals surface area contributed by atoms with E-state index in [1.807, 2.05) is 29.2 Å². The second kappa shape index (κ2) is 15.2. The third-order valence-corrected chi connectivity index (χ3v) is 8.59. The molecule has 2 aliphatic rings. The quantitative estimate of drug-likeness (QED) is 0.131. The average Bonchev–Trinajstić information content (AvgIpc) is 2.94. The molecule has 226 valence electrons. The summed E-state index contributed by atoms with van der Waals surface area (Å²) in [6.07, 6.45) is 2.11. The Morgan fingerprint density at radius 3 is 2.46 bits per heavy atom. The number of unbranched alkanes of at least 4 members (excludes halogenated alkanes) is 4. The van der Waals surface area contributed by atoms with E-state index >= 15 is 0 Å². The number of rotatable bonds is 13. The van der Waals surface area contributed by atoms with Crippen LogP contribution in [0.4, 0.5) is 29.3 Å². The molecule has 0 saturated carbocycles. The molecule has 2 aromatic rings. The number of likely N-dealkylation sites (tertiary alicyclic amines) is 1. The fourth-order valence-electron chi connectivity index (χ4n) is 5.30. The Morgan fingerprint density at radius 2 is 1.71 bits per heavy atom. The van der Waals surface area contributed by atoms with Gasteiger partial charge in [-0.2, -0.15) is 13.2 Å². The van der Waals surface area contributed by atoms with Crippen molar-refractivity contribution in [2.75, 3.05) is 37.7 Å². The van der Waals surface area contributed by atoms with E-state index in [4.69, 9.17) is 14.2 Å². The van der Waals surface area contributed by atoms with E-state index in [0.717, 1.165) is 79.7 Å². The van der Waals surface area contributed by atoms with Crippen molar-refractivity contribution in [1.29, 1.82) is 0 Å². The molecule has 0 N–H and O–H groups in total. The first-order valence-corrected chi connectivity index (χ1v) is 15.5. The van der Waals surface area contributed by atoms with Crippen LogP contribution in [0.3, 0.4) is 0 Å². The number of alkyl halides is 3. The molecular weight excluding hydrogens is 553 g/mol. The fourth-order valence-corrected chi connectivity index (χ4v) is 6.37. The van der Waals surface area contributed by atoms with Crippen molar-refractivity contribution < 1.29 is 32.2 Å². The molecule has 2 aromatic carbocycles. The van der Waals surface area contributed by atoms with E-state index in [0.29, 0.717) is 18.8 Å². The minimum atomic E-state index is -4.38. The van der Waals surface area contributed by atoms with Gasteiger partial charge in [-0.3, -0.25) is 0 Å². The van der Waals surface area contributed by atoms with Gasteiger partial charge in [-0.25, -0.2) is 4.79 Å². The summed E-state index contributed by atoms with van der Waals surface area (Å²) < 4.78 is 56.8. The van der Waals surface area contributed by atoms with Crippen molar-refractivity contribution >= 4 is 29.3 Å². The Morgan fingerprint density at radius 1 is 0.976 bits per heavy atom. The Kier molecular flexibility index (Phi) is 11.6. The van der Waals surface area contributed by atoms with Crippen LogP contribution >= 0.6 is 11.8 Å². The lowest BCUT2D eigenvalue weighted by atomic mass is 10.1. The lowest BCUT2D eigenvalue weighted by Crippen LogP contribution is -2.40. The molecule has 0 amide bonds. The van der Waals surface area contributed by atoms with Crippen LogP contribution in [-0.2, 0) is 20.4 Å². The minimum absolute atomic E-state index is 0.00163. The number of nitrogens with zero attached hydrogens (tertiary/aromatic N) is 2. The molecular formula is C31H41F3N2O4S. The van der Waals surface area contributed by atoms with Gasteiger partial charge in [-0.15, -0.1) is 0 Å².